The summed E-state index contributed by atoms with van der Waals surface area (Å²) in [6, 6.07) is 7.70. The van der Waals surface area contributed by atoms with E-state index in [1.165, 1.54) is 0 Å². The highest BCUT2D eigenvalue weighted by molar-refractivity contribution is 5.69. The van der Waals surface area contributed by atoms with E-state index in [-0.39, 0.29) is 17.7 Å². The number of nitrogens with one attached hydrogen (secondary N) is 3. The highest BCUT2D eigenvalue weighted by Crippen LogP contribution is 2.37. The summed E-state index contributed by atoms with van der Waals surface area (Å²) in [6.45, 7) is 2.05. The molecule has 2 aliphatic carbocycles. The van der Waals surface area contributed by atoms with E-state index in [0.717, 1.165) is 49.4 Å². The molecule has 0 radical (unpaired) electrons. The maximum Gasteiger partial charge on any atom is 0.407 e. The van der Waals surface area contributed by atoms with Gasteiger partial charge in [0.15, 0.2) is 5.82 Å². The van der Waals surface area contributed by atoms with Crippen molar-refractivity contribution in [3.8, 4) is 0 Å². The number of carbonyl (C=O) groups is 1. The largest absolute Gasteiger partial charge is 0.446 e. The van der Waals surface area contributed by atoms with Crippen molar-refractivity contribution in [2.75, 3.05) is 5.32 Å². The van der Waals surface area contributed by atoms with Crippen LogP contribution in [0.25, 0.3) is 0 Å². The van der Waals surface area contributed by atoms with Gasteiger partial charge in [0, 0.05) is 29.4 Å². The maximum absolute atomic E-state index is 11.9. The molecular weight excluding hydrogens is 318 g/mol. The molecule has 2 heterocycles. The zero-order valence-corrected chi connectivity index (χ0v) is 14.3. The molecule has 2 atom stereocenters. The first-order valence-electron chi connectivity index (χ1n) is 8.82. The molecule has 2 aromatic rings. The topological polar surface area (TPSA) is 91.9 Å². The summed E-state index contributed by atoms with van der Waals surface area (Å²) in [5, 5.41) is 13.5. The number of hydrogen-bond acceptors (Lipinski definition) is 5. The minimum Gasteiger partial charge on any atom is -0.446 e. The second-order valence-electron chi connectivity index (χ2n) is 7.27. The fraction of sp³-hybridized carbons (Fsp3) is 0.500. The Morgan fingerprint density at radius 1 is 1.32 bits per heavy atom. The van der Waals surface area contributed by atoms with Crippen molar-refractivity contribution >= 4 is 17.7 Å². The number of anilines is 2. The van der Waals surface area contributed by atoms with Gasteiger partial charge in [0.25, 0.3) is 0 Å². The van der Waals surface area contributed by atoms with Crippen molar-refractivity contribution < 1.29 is 9.53 Å². The average molecular weight is 341 g/mol. The van der Waals surface area contributed by atoms with Gasteiger partial charge in [0.05, 0.1) is 0 Å². The first kappa shape index (κ1) is 15.9. The van der Waals surface area contributed by atoms with Crippen LogP contribution in [0.4, 0.5) is 16.4 Å². The van der Waals surface area contributed by atoms with E-state index >= 15 is 0 Å². The summed E-state index contributed by atoms with van der Waals surface area (Å²) in [4.78, 5) is 16.2. The van der Waals surface area contributed by atoms with Crippen molar-refractivity contribution in [1.29, 1.82) is 0 Å². The lowest BCUT2D eigenvalue weighted by Gasteiger charge is -2.16. The number of pyridine rings is 1. The second kappa shape index (κ2) is 6.38. The molecule has 2 saturated carbocycles. The molecule has 0 aromatic carbocycles. The van der Waals surface area contributed by atoms with Gasteiger partial charge in [-0.3, -0.25) is 5.10 Å². The average Bonchev–Trinajstić information content (AvgIpc) is 3.00. The maximum atomic E-state index is 11.9. The van der Waals surface area contributed by atoms with E-state index in [4.69, 9.17) is 4.74 Å². The summed E-state index contributed by atoms with van der Waals surface area (Å²) in [6.07, 6.45) is 6.20. The van der Waals surface area contributed by atoms with Crippen molar-refractivity contribution in [3.05, 3.63) is 36.2 Å². The predicted molar refractivity (Wildman–Crippen MR) is 93.7 cm³/mol. The van der Waals surface area contributed by atoms with Crippen LogP contribution in [0.1, 0.15) is 50.6 Å². The first-order chi connectivity index (χ1) is 12.1. The Morgan fingerprint density at radius 3 is 2.96 bits per heavy atom. The summed E-state index contributed by atoms with van der Waals surface area (Å²) in [5.74, 6) is 1.84. The van der Waals surface area contributed by atoms with Crippen LogP contribution in [-0.4, -0.2) is 32.9 Å². The number of alkyl carbamates (subject to hydrolysis) is 1. The van der Waals surface area contributed by atoms with Gasteiger partial charge in [-0.2, -0.15) is 5.10 Å². The van der Waals surface area contributed by atoms with Crippen LogP contribution in [-0.2, 0) is 4.74 Å². The Kier molecular flexibility index (Phi) is 4.07. The zero-order valence-electron chi connectivity index (χ0n) is 14.3. The molecule has 4 rings (SSSR count). The summed E-state index contributed by atoms with van der Waals surface area (Å²) in [5.41, 5.74) is 1.03. The Labute approximate surface area is 146 Å². The Hall–Kier alpha value is -2.57. The highest BCUT2D eigenvalue weighted by atomic mass is 16.6. The van der Waals surface area contributed by atoms with Crippen LogP contribution in [0.15, 0.2) is 30.5 Å². The van der Waals surface area contributed by atoms with E-state index in [1.54, 1.807) is 6.20 Å². The van der Waals surface area contributed by atoms with Gasteiger partial charge in [-0.15, -0.1) is 0 Å². The molecule has 0 aliphatic heterocycles. The second-order valence-corrected chi connectivity index (χ2v) is 7.27. The molecule has 7 nitrogen and oxygen atoms in total. The molecule has 0 bridgehead atoms. The van der Waals surface area contributed by atoms with E-state index in [2.05, 4.69) is 25.8 Å². The number of nitrogens with zero attached hydrogens (tertiary/aromatic N) is 2. The molecule has 3 N–H and O–H groups in total. The fourth-order valence-corrected chi connectivity index (χ4v) is 3.25. The van der Waals surface area contributed by atoms with Crippen molar-refractivity contribution in [2.45, 2.75) is 56.6 Å². The summed E-state index contributed by atoms with van der Waals surface area (Å²) in [7, 11) is 0. The van der Waals surface area contributed by atoms with Gasteiger partial charge in [-0.05, 0) is 51.2 Å². The van der Waals surface area contributed by atoms with Crippen molar-refractivity contribution in [1.82, 2.24) is 20.5 Å². The number of amides is 1. The van der Waals surface area contributed by atoms with Crippen LogP contribution in [0, 0.1) is 0 Å². The SMILES string of the molecule is CC1(NC(=O)O[C@@H]2CC[C@H](c3cc(Nc4ccccn4)n[nH]3)C2)CC1. The van der Waals surface area contributed by atoms with Crippen LogP contribution in [0.3, 0.4) is 0 Å². The van der Waals surface area contributed by atoms with Gasteiger partial charge < -0.3 is 15.4 Å². The molecule has 132 valence electrons. The smallest absolute Gasteiger partial charge is 0.407 e. The first-order valence-corrected chi connectivity index (χ1v) is 8.82. The number of aromatic amines is 1. The van der Waals surface area contributed by atoms with E-state index < -0.39 is 0 Å². The van der Waals surface area contributed by atoms with E-state index in [0.29, 0.717) is 5.92 Å². The van der Waals surface area contributed by atoms with Crippen molar-refractivity contribution in [2.24, 2.45) is 0 Å². The van der Waals surface area contributed by atoms with Crippen LogP contribution in [0.2, 0.25) is 0 Å². The summed E-state index contributed by atoms with van der Waals surface area (Å²) >= 11 is 0. The van der Waals surface area contributed by atoms with Gasteiger partial charge in [-0.1, -0.05) is 6.07 Å². The number of hydrogen-bond donors (Lipinski definition) is 3. The minimum atomic E-state index is -0.284. The molecule has 2 fully saturated rings. The number of ether oxygens (including phenoxy) is 1. The summed E-state index contributed by atoms with van der Waals surface area (Å²) < 4.78 is 5.57. The highest BCUT2D eigenvalue weighted by Gasteiger charge is 2.40. The third-order valence-electron chi connectivity index (χ3n) is 5.02. The predicted octanol–water partition coefficient (Wildman–Crippen LogP) is 3.46. The standard InChI is InChI=1S/C18H23N5O2/c1-18(7-8-18)21-17(24)25-13-6-5-12(10-13)14-11-16(23-22-14)20-15-4-2-3-9-19-15/h2-4,9,11-13H,5-8,10H2,1H3,(H,21,24)(H2,19,20,22,23)/t12-,13+/m0/s1. The van der Waals surface area contributed by atoms with Gasteiger partial charge in [-0.25, -0.2) is 9.78 Å². The van der Waals surface area contributed by atoms with Crippen LogP contribution in [0.5, 0.6) is 0 Å². The molecular formula is C18H23N5O2. The van der Waals surface area contributed by atoms with Gasteiger partial charge >= 0.3 is 6.09 Å². The van der Waals surface area contributed by atoms with E-state index in [1.807, 2.05) is 31.2 Å². The van der Waals surface area contributed by atoms with Gasteiger partial charge in [0.1, 0.15) is 11.9 Å². The lowest BCUT2D eigenvalue weighted by Crippen LogP contribution is -2.36. The Bertz CT molecular complexity index is 741. The monoisotopic (exact) mass is 341 g/mol. The van der Waals surface area contributed by atoms with Crippen LogP contribution >= 0.6 is 0 Å². The zero-order chi connectivity index (χ0) is 17.3. The molecule has 25 heavy (non-hydrogen) atoms. The van der Waals surface area contributed by atoms with Crippen molar-refractivity contribution in [3.63, 3.8) is 0 Å². The molecule has 0 unspecified atom stereocenters. The lowest BCUT2D eigenvalue weighted by atomic mass is 10.0. The third-order valence-corrected chi connectivity index (χ3v) is 5.02. The molecule has 2 aliphatic rings. The number of carbonyl (C=O) groups excluding carboxylic acids is 1. The lowest BCUT2D eigenvalue weighted by molar-refractivity contribution is 0.0967. The minimum absolute atomic E-state index is 0.0251. The molecule has 2 aromatic heterocycles. The van der Waals surface area contributed by atoms with Crippen LogP contribution < -0.4 is 10.6 Å². The molecule has 1 amide bonds. The number of rotatable bonds is 5. The Morgan fingerprint density at radius 2 is 2.20 bits per heavy atom. The fourth-order valence-electron chi connectivity index (χ4n) is 3.25. The normalized spacial score (nSPS) is 23.9. The molecule has 0 spiro atoms. The molecule has 7 heteroatoms. The number of aromatic nitrogens is 3. The molecule has 0 saturated heterocycles. The quantitative estimate of drug-likeness (QED) is 0.774. The Balaban J connectivity index is 1.30. The third kappa shape index (κ3) is 3.92. The number of H-pyrrole nitrogens is 1. The van der Waals surface area contributed by atoms with E-state index in [9.17, 15) is 4.79 Å². The van der Waals surface area contributed by atoms with Gasteiger partial charge in [0.2, 0.25) is 0 Å².